The Morgan fingerprint density at radius 2 is 1.61 bits per heavy atom. The molecule has 1 N–H and O–H groups in total. The molecule has 23 heavy (non-hydrogen) atoms. The first-order chi connectivity index (χ1) is 10.8. The van der Waals surface area contributed by atoms with Gasteiger partial charge in [0, 0.05) is 24.8 Å². The molecule has 2 amide bonds. The van der Waals surface area contributed by atoms with Crippen molar-refractivity contribution in [3.63, 3.8) is 0 Å². The summed E-state index contributed by atoms with van der Waals surface area (Å²) in [6.07, 6.45) is -0.599. The van der Waals surface area contributed by atoms with Crippen molar-refractivity contribution < 1.29 is 27.5 Å². The van der Waals surface area contributed by atoms with E-state index in [9.17, 15) is 22.8 Å². The molecule has 2 heterocycles. The van der Waals surface area contributed by atoms with Crippen molar-refractivity contribution in [2.75, 3.05) is 7.11 Å². The molecule has 0 aliphatic carbocycles. The zero-order valence-electron chi connectivity index (χ0n) is 11.7. The van der Waals surface area contributed by atoms with Gasteiger partial charge in [0.25, 0.3) is 11.8 Å². The monoisotopic (exact) mass is 325 g/mol. The number of alkyl halides is 3. The van der Waals surface area contributed by atoms with Crippen LogP contribution in [0.25, 0.3) is 0 Å². The molecule has 0 aromatic carbocycles. The number of amides is 2. The molecule has 2 aromatic heterocycles. The van der Waals surface area contributed by atoms with E-state index >= 15 is 0 Å². The van der Waals surface area contributed by atoms with Gasteiger partial charge in [0.2, 0.25) is 0 Å². The van der Waals surface area contributed by atoms with Crippen LogP contribution in [0.1, 0.15) is 26.3 Å². The molecule has 0 bridgehead atoms. The number of ether oxygens (including phenoxy) is 1. The number of hydrogen-bond acceptors (Lipinski definition) is 5. The van der Waals surface area contributed by atoms with Crippen molar-refractivity contribution in [2.45, 2.75) is 6.18 Å². The van der Waals surface area contributed by atoms with Gasteiger partial charge in [0.05, 0.1) is 18.2 Å². The van der Waals surface area contributed by atoms with Gasteiger partial charge >= 0.3 is 6.18 Å². The maximum absolute atomic E-state index is 12.9. The zero-order valence-corrected chi connectivity index (χ0v) is 11.7. The number of carbonyl (C=O) groups is 2. The van der Waals surface area contributed by atoms with Gasteiger partial charge in [0.1, 0.15) is 11.3 Å². The van der Waals surface area contributed by atoms with E-state index < -0.39 is 29.1 Å². The van der Waals surface area contributed by atoms with Crippen LogP contribution in [0.4, 0.5) is 13.2 Å². The SMILES string of the molecule is COc1ccncc1C(=O)NC(=O)c1cnccc1C(F)(F)F. The molecule has 0 aliphatic heterocycles. The summed E-state index contributed by atoms with van der Waals surface area (Å²) in [6.45, 7) is 0. The summed E-state index contributed by atoms with van der Waals surface area (Å²) in [5.74, 6) is -2.02. The highest BCUT2D eigenvalue weighted by atomic mass is 19.4. The van der Waals surface area contributed by atoms with Crippen LogP contribution >= 0.6 is 0 Å². The molecule has 0 saturated carbocycles. The smallest absolute Gasteiger partial charge is 0.417 e. The van der Waals surface area contributed by atoms with Crippen LogP contribution in [0.3, 0.4) is 0 Å². The van der Waals surface area contributed by atoms with Crippen molar-refractivity contribution in [1.29, 1.82) is 0 Å². The first-order valence-electron chi connectivity index (χ1n) is 6.19. The molecule has 2 aromatic rings. The maximum atomic E-state index is 12.9. The van der Waals surface area contributed by atoms with E-state index in [1.54, 1.807) is 0 Å². The minimum absolute atomic E-state index is 0.0826. The van der Waals surface area contributed by atoms with E-state index in [1.807, 2.05) is 5.32 Å². The lowest BCUT2D eigenvalue weighted by Gasteiger charge is -2.12. The summed E-state index contributed by atoms with van der Waals surface area (Å²) < 4.78 is 43.5. The van der Waals surface area contributed by atoms with Crippen molar-refractivity contribution in [3.8, 4) is 5.75 Å². The molecule has 0 atom stereocenters. The second-order valence-corrected chi connectivity index (χ2v) is 4.28. The van der Waals surface area contributed by atoms with Gasteiger partial charge in [-0.15, -0.1) is 0 Å². The number of pyridine rings is 2. The molecule has 2 rings (SSSR count). The van der Waals surface area contributed by atoms with Crippen LogP contribution in [0.2, 0.25) is 0 Å². The zero-order chi connectivity index (χ0) is 17.0. The second kappa shape index (κ2) is 6.42. The van der Waals surface area contributed by atoms with E-state index in [2.05, 4.69) is 9.97 Å². The lowest BCUT2D eigenvalue weighted by atomic mass is 10.1. The average Bonchev–Trinajstić information content (AvgIpc) is 2.53. The van der Waals surface area contributed by atoms with E-state index in [0.29, 0.717) is 6.07 Å². The minimum atomic E-state index is -4.75. The standard InChI is InChI=1S/C14H10F3N3O3/c1-23-11-3-5-19-7-9(11)13(22)20-12(21)8-6-18-4-2-10(8)14(15,16)17/h2-7H,1H3,(H,20,21,22). The summed E-state index contributed by atoms with van der Waals surface area (Å²) in [4.78, 5) is 31.2. The Bertz CT molecular complexity index is 747. The normalized spacial score (nSPS) is 11.0. The third-order valence-electron chi connectivity index (χ3n) is 2.84. The largest absolute Gasteiger partial charge is 0.496 e. The Kier molecular flexibility index (Phi) is 4.58. The van der Waals surface area contributed by atoms with E-state index in [0.717, 1.165) is 18.6 Å². The molecule has 6 nitrogen and oxygen atoms in total. The fourth-order valence-electron chi connectivity index (χ4n) is 1.79. The van der Waals surface area contributed by atoms with Crippen LogP contribution in [0.15, 0.2) is 36.9 Å². The van der Waals surface area contributed by atoms with Crippen molar-refractivity contribution in [1.82, 2.24) is 15.3 Å². The Morgan fingerprint density at radius 1 is 1.04 bits per heavy atom. The predicted molar refractivity (Wildman–Crippen MR) is 71.8 cm³/mol. The fraction of sp³-hybridized carbons (Fsp3) is 0.143. The second-order valence-electron chi connectivity index (χ2n) is 4.28. The molecule has 0 fully saturated rings. The minimum Gasteiger partial charge on any atom is -0.496 e. The summed E-state index contributed by atoms with van der Waals surface area (Å²) in [5, 5.41) is 1.86. The Balaban J connectivity index is 2.28. The molecule has 0 spiro atoms. The molecule has 0 radical (unpaired) electrons. The Labute approximate surface area is 128 Å². The van der Waals surface area contributed by atoms with Crippen LogP contribution in [0, 0.1) is 0 Å². The first kappa shape index (κ1) is 16.4. The summed E-state index contributed by atoms with van der Waals surface area (Å²) >= 11 is 0. The Hall–Kier alpha value is -2.97. The molecule has 0 aliphatic rings. The predicted octanol–water partition coefficient (Wildman–Crippen LogP) is 2.07. The lowest BCUT2D eigenvalue weighted by molar-refractivity contribution is -0.138. The maximum Gasteiger partial charge on any atom is 0.417 e. The van der Waals surface area contributed by atoms with Crippen molar-refractivity contribution >= 4 is 11.8 Å². The highest BCUT2D eigenvalue weighted by Gasteiger charge is 2.35. The quantitative estimate of drug-likeness (QED) is 0.874. The number of hydrogen-bond donors (Lipinski definition) is 1. The first-order valence-corrected chi connectivity index (χ1v) is 6.19. The van der Waals surface area contributed by atoms with Crippen molar-refractivity contribution in [3.05, 3.63) is 53.6 Å². The van der Waals surface area contributed by atoms with Crippen LogP contribution in [-0.4, -0.2) is 28.9 Å². The number of aromatic nitrogens is 2. The van der Waals surface area contributed by atoms with Crippen LogP contribution in [-0.2, 0) is 6.18 Å². The highest BCUT2D eigenvalue weighted by Crippen LogP contribution is 2.31. The molecular formula is C14H10F3N3O3. The molecule has 0 saturated heterocycles. The number of imide groups is 1. The summed E-state index contributed by atoms with van der Waals surface area (Å²) in [7, 11) is 1.30. The highest BCUT2D eigenvalue weighted by molar-refractivity contribution is 6.11. The third-order valence-corrected chi connectivity index (χ3v) is 2.84. The van der Waals surface area contributed by atoms with Gasteiger partial charge in [-0.1, -0.05) is 0 Å². The fourth-order valence-corrected chi connectivity index (χ4v) is 1.79. The van der Waals surface area contributed by atoms with Crippen molar-refractivity contribution in [2.24, 2.45) is 0 Å². The molecule has 9 heteroatoms. The topological polar surface area (TPSA) is 81.2 Å². The van der Waals surface area contributed by atoms with E-state index in [-0.39, 0.29) is 11.3 Å². The van der Waals surface area contributed by atoms with Gasteiger partial charge < -0.3 is 4.74 Å². The summed E-state index contributed by atoms with van der Waals surface area (Å²) in [5.41, 5.74) is -2.02. The van der Waals surface area contributed by atoms with Gasteiger partial charge in [-0.2, -0.15) is 13.2 Å². The number of halogens is 3. The van der Waals surface area contributed by atoms with Crippen LogP contribution < -0.4 is 10.1 Å². The van der Waals surface area contributed by atoms with Crippen LogP contribution in [0.5, 0.6) is 5.75 Å². The lowest BCUT2D eigenvalue weighted by Crippen LogP contribution is -2.32. The van der Waals surface area contributed by atoms with Gasteiger partial charge in [-0.25, -0.2) is 0 Å². The molecular weight excluding hydrogens is 315 g/mol. The number of nitrogens with zero attached hydrogens (tertiary/aromatic N) is 2. The van der Waals surface area contributed by atoms with E-state index in [1.165, 1.54) is 19.4 Å². The number of rotatable bonds is 3. The van der Waals surface area contributed by atoms with Gasteiger partial charge in [-0.3, -0.25) is 24.9 Å². The third kappa shape index (κ3) is 3.62. The van der Waals surface area contributed by atoms with Gasteiger partial charge in [0.15, 0.2) is 0 Å². The Morgan fingerprint density at radius 3 is 2.22 bits per heavy atom. The average molecular weight is 325 g/mol. The molecule has 0 unspecified atom stereocenters. The number of methoxy groups -OCH3 is 1. The van der Waals surface area contributed by atoms with Gasteiger partial charge in [-0.05, 0) is 12.1 Å². The molecule has 120 valence electrons. The summed E-state index contributed by atoms with van der Waals surface area (Å²) in [6, 6.07) is 2.04. The van der Waals surface area contributed by atoms with E-state index in [4.69, 9.17) is 4.74 Å². The number of carbonyl (C=O) groups excluding carboxylic acids is 2. The number of nitrogens with one attached hydrogen (secondary N) is 1.